The number of hydrogen-bond acceptors (Lipinski definition) is 1. The molecule has 0 amide bonds. The first-order valence-electron chi connectivity index (χ1n) is 6.68. The normalized spacial score (nSPS) is 12.4. The Labute approximate surface area is 123 Å². The molecule has 1 N–H and O–H groups in total. The van der Waals surface area contributed by atoms with E-state index in [1.165, 1.54) is 21.9 Å². The van der Waals surface area contributed by atoms with Crippen molar-refractivity contribution in [1.29, 1.82) is 0 Å². The highest BCUT2D eigenvalue weighted by Crippen LogP contribution is 2.24. The maximum absolute atomic E-state index is 3.52. The molecule has 1 nitrogen and oxygen atoms in total. The van der Waals surface area contributed by atoms with Gasteiger partial charge in [-0.15, -0.1) is 0 Å². The van der Waals surface area contributed by atoms with E-state index in [2.05, 4.69) is 84.5 Å². The van der Waals surface area contributed by atoms with Crippen LogP contribution >= 0.6 is 15.9 Å². The van der Waals surface area contributed by atoms with Crippen molar-refractivity contribution in [3.05, 3.63) is 58.1 Å². The molecule has 1 atom stereocenters. The standard InChI is InChI=1S/C17H20BrN/c1-4-19-17(9-12(2)3)15-6-5-14-11-16(18)8-7-13(14)10-15/h5-11,17,19H,4H2,1-3H3. The first-order chi connectivity index (χ1) is 9.10. The second-order valence-electron chi connectivity index (χ2n) is 5.03. The number of hydrogen-bond donors (Lipinski definition) is 1. The van der Waals surface area contributed by atoms with Crippen LogP contribution in [0, 0.1) is 0 Å². The van der Waals surface area contributed by atoms with Crippen LogP contribution in [0.25, 0.3) is 10.8 Å². The van der Waals surface area contributed by atoms with E-state index in [1.54, 1.807) is 0 Å². The lowest BCUT2D eigenvalue weighted by Crippen LogP contribution is -2.19. The second-order valence-corrected chi connectivity index (χ2v) is 5.95. The zero-order valence-corrected chi connectivity index (χ0v) is 13.3. The highest BCUT2D eigenvalue weighted by molar-refractivity contribution is 9.10. The van der Waals surface area contributed by atoms with E-state index in [0.717, 1.165) is 11.0 Å². The number of halogens is 1. The SMILES string of the molecule is CCNC(C=C(C)C)c1ccc2cc(Br)ccc2c1. The van der Waals surface area contributed by atoms with Gasteiger partial charge in [-0.25, -0.2) is 0 Å². The quantitative estimate of drug-likeness (QED) is 0.762. The highest BCUT2D eigenvalue weighted by Gasteiger charge is 2.07. The monoisotopic (exact) mass is 317 g/mol. The molecule has 0 aliphatic rings. The fourth-order valence-electron chi connectivity index (χ4n) is 2.25. The van der Waals surface area contributed by atoms with Crippen LogP contribution in [0.4, 0.5) is 0 Å². The van der Waals surface area contributed by atoms with E-state index in [4.69, 9.17) is 0 Å². The molecule has 2 aromatic rings. The minimum atomic E-state index is 0.294. The molecular formula is C17H20BrN. The molecule has 0 aliphatic carbocycles. The Morgan fingerprint density at radius 2 is 1.84 bits per heavy atom. The smallest absolute Gasteiger partial charge is 0.0508 e. The predicted molar refractivity (Wildman–Crippen MR) is 87.5 cm³/mol. The lowest BCUT2D eigenvalue weighted by atomic mass is 10.0. The minimum absolute atomic E-state index is 0.294. The minimum Gasteiger partial charge on any atom is -0.307 e. The van der Waals surface area contributed by atoms with Crippen molar-refractivity contribution in [3.63, 3.8) is 0 Å². The third kappa shape index (κ3) is 3.68. The van der Waals surface area contributed by atoms with E-state index < -0.39 is 0 Å². The van der Waals surface area contributed by atoms with Crippen LogP contribution < -0.4 is 5.32 Å². The van der Waals surface area contributed by atoms with Gasteiger partial charge in [0.2, 0.25) is 0 Å². The summed E-state index contributed by atoms with van der Waals surface area (Å²) in [5.41, 5.74) is 2.65. The lowest BCUT2D eigenvalue weighted by molar-refractivity contribution is 0.645. The number of allylic oxidation sites excluding steroid dienone is 1. The van der Waals surface area contributed by atoms with Gasteiger partial charge in [0.15, 0.2) is 0 Å². The van der Waals surface area contributed by atoms with E-state index in [0.29, 0.717) is 6.04 Å². The molecule has 1 unspecified atom stereocenters. The molecule has 0 radical (unpaired) electrons. The molecule has 100 valence electrons. The number of fused-ring (bicyclic) bond motifs is 1. The van der Waals surface area contributed by atoms with E-state index >= 15 is 0 Å². The van der Waals surface area contributed by atoms with Gasteiger partial charge in [-0.3, -0.25) is 0 Å². The van der Waals surface area contributed by atoms with Crippen molar-refractivity contribution in [2.24, 2.45) is 0 Å². The number of likely N-dealkylation sites (N-methyl/N-ethyl adjacent to an activating group) is 1. The van der Waals surface area contributed by atoms with Crippen LogP contribution in [0.15, 0.2) is 52.5 Å². The first kappa shape index (κ1) is 14.3. The van der Waals surface area contributed by atoms with Gasteiger partial charge >= 0.3 is 0 Å². The van der Waals surface area contributed by atoms with Crippen molar-refractivity contribution in [2.75, 3.05) is 6.54 Å². The van der Waals surface area contributed by atoms with Crippen LogP contribution in [0.2, 0.25) is 0 Å². The summed E-state index contributed by atoms with van der Waals surface area (Å²) in [5, 5.41) is 6.07. The van der Waals surface area contributed by atoms with Gasteiger partial charge in [0.1, 0.15) is 0 Å². The Morgan fingerprint density at radius 1 is 1.16 bits per heavy atom. The number of benzene rings is 2. The van der Waals surface area contributed by atoms with Gasteiger partial charge in [-0.2, -0.15) is 0 Å². The molecule has 0 fully saturated rings. The summed E-state index contributed by atoms with van der Waals surface area (Å²) in [6.45, 7) is 7.39. The van der Waals surface area contributed by atoms with Crippen molar-refractivity contribution >= 4 is 26.7 Å². The van der Waals surface area contributed by atoms with Crippen LogP contribution in [-0.2, 0) is 0 Å². The van der Waals surface area contributed by atoms with Crippen molar-refractivity contribution in [2.45, 2.75) is 26.8 Å². The van der Waals surface area contributed by atoms with Gasteiger partial charge in [-0.1, -0.05) is 52.7 Å². The third-order valence-electron chi connectivity index (χ3n) is 3.11. The molecule has 0 saturated heterocycles. The molecule has 0 bridgehead atoms. The van der Waals surface area contributed by atoms with Gasteiger partial charge < -0.3 is 5.32 Å². The zero-order valence-electron chi connectivity index (χ0n) is 11.7. The molecule has 0 spiro atoms. The molecule has 0 heterocycles. The van der Waals surface area contributed by atoms with Gasteiger partial charge in [0, 0.05) is 4.47 Å². The average Bonchev–Trinajstić information content (AvgIpc) is 2.37. The third-order valence-corrected chi connectivity index (χ3v) is 3.60. The summed E-state index contributed by atoms with van der Waals surface area (Å²) in [6.07, 6.45) is 2.28. The predicted octanol–water partition coefficient (Wildman–Crippen LogP) is 5.22. The number of nitrogens with one attached hydrogen (secondary N) is 1. The molecule has 2 aromatic carbocycles. The summed E-state index contributed by atoms with van der Waals surface area (Å²) >= 11 is 3.52. The zero-order chi connectivity index (χ0) is 13.8. The van der Waals surface area contributed by atoms with Crippen molar-refractivity contribution < 1.29 is 0 Å². The highest BCUT2D eigenvalue weighted by atomic mass is 79.9. The van der Waals surface area contributed by atoms with Gasteiger partial charge in [-0.05, 0) is 54.9 Å². The Morgan fingerprint density at radius 3 is 2.53 bits per heavy atom. The van der Waals surface area contributed by atoms with Gasteiger partial charge in [0.05, 0.1) is 6.04 Å². The summed E-state index contributed by atoms with van der Waals surface area (Å²) in [6, 6.07) is 13.4. The summed E-state index contributed by atoms with van der Waals surface area (Å²) < 4.78 is 1.13. The fraction of sp³-hybridized carbons (Fsp3) is 0.294. The summed E-state index contributed by atoms with van der Waals surface area (Å²) in [4.78, 5) is 0. The van der Waals surface area contributed by atoms with Crippen LogP contribution in [0.5, 0.6) is 0 Å². The Bertz CT molecular complexity index is 597. The van der Waals surface area contributed by atoms with E-state index in [-0.39, 0.29) is 0 Å². The average molecular weight is 318 g/mol. The Hall–Kier alpha value is -1.12. The molecule has 0 aliphatic heterocycles. The lowest BCUT2D eigenvalue weighted by Gasteiger charge is -2.16. The van der Waals surface area contributed by atoms with Crippen molar-refractivity contribution in [3.8, 4) is 0 Å². The number of rotatable bonds is 4. The topological polar surface area (TPSA) is 12.0 Å². The maximum atomic E-state index is 3.52. The molecule has 0 saturated carbocycles. The largest absolute Gasteiger partial charge is 0.307 e. The van der Waals surface area contributed by atoms with Crippen LogP contribution in [0.1, 0.15) is 32.4 Å². The Balaban J connectivity index is 2.43. The van der Waals surface area contributed by atoms with Crippen LogP contribution in [-0.4, -0.2) is 6.54 Å². The van der Waals surface area contributed by atoms with Gasteiger partial charge in [0.25, 0.3) is 0 Å². The molecule has 19 heavy (non-hydrogen) atoms. The van der Waals surface area contributed by atoms with E-state index in [9.17, 15) is 0 Å². The van der Waals surface area contributed by atoms with Crippen molar-refractivity contribution in [1.82, 2.24) is 5.32 Å². The summed E-state index contributed by atoms with van der Waals surface area (Å²) in [5.74, 6) is 0. The Kier molecular flexibility index (Phi) is 4.78. The maximum Gasteiger partial charge on any atom is 0.0508 e. The molecule has 2 heteroatoms. The first-order valence-corrected chi connectivity index (χ1v) is 7.47. The molecular weight excluding hydrogens is 298 g/mol. The molecule has 2 rings (SSSR count). The molecule has 0 aromatic heterocycles. The fourth-order valence-corrected chi connectivity index (χ4v) is 2.63. The summed E-state index contributed by atoms with van der Waals surface area (Å²) in [7, 11) is 0. The van der Waals surface area contributed by atoms with Crippen LogP contribution in [0.3, 0.4) is 0 Å². The second kappa shape index (κ2) is 6.36. The van der Waals surface area contributed by atoms with E-state index in [1.807, 2.05) is 0 Å².